The fourth-order valence-electron chi connectivity index (χ4n) is 3.01. The van der Waals surface area contributed by atoms with Crippen molar-refractivity contribution in [2.75, 3.05) is 0 Å². The predicted molar refractivity (Wildman–Crippen MR) is 54.7 cm³/mol. The van der Waals surface area contributed by atoms with Gasteiger partial charge in [0, 0.05) is 16.3 Å². The van der Waals surface area contributed by atoms with E-state index in [9.17, 15) is 4.79 Å². The molecular formula is C10H18O2Si. The van der Waals surface area contributed by atoms with E-state index in [0.717, 1.165) is 22.6 Å². The van der Waals surface area contributed by atoms with Crippen LogP contribution in [0.3, 0.4) is 0 Å². The quantitative estimate of drug-likeness (QED) is 0.486. The summed E-state index contributed by atoms with van der Waals surface area (Å²) in [6, 6.07) is 0.646. The minimum atomic E-state index is -0.0928. The molecule has 2 aliphatic rings. The molecule has 0 N–H and O–H groups in total. The maximum absolute atomic E-state index is 11.3. The molecule has 2 aliphatic carbocycles. The van der Waals surface area contributed by atoms with Crippen LogP contribution < -0.4 is 0 Å². The van der Waals surface area contributed by atoms with Crippen molar-refractivity contribution >= 4 is 16.2 Å². The van der Waals surface area contributed by atoms with E-state index in [2.05, 4.69) is 6.92 Å². The highest BCUT2D eigenvalue weighted by molar-refractivity contribution is 6.18. The van der Waals surface area contributed by atoms with Gasteiger partial charge in [-0.2, -0.15) is 0 Å². The molecule has 0 aliphatic heterocycles. The first-order valence-electron chi connectivity index (χ1n) is 5.36. The fraction of sp³-hybridized carbons (Fsp3) is 0.900. The first-order valence-corrected chi connectivity index (χ1v) is 6.77. The molecule has 0 aromatic carbocycles. The van der Waals surface area contributed by atoms with Gasteiger partial charge in [-0.1, -0.05) is 0 Å². The van der Waals surface area contributed by atoms with Gasteiger partial charge in [-0.25, -0.2) is 0 Å². The Bertz CT molecular complexity index is 229. The van der Waals surface area contributed by atoms with Crippen LogP contribution >= 0.6 is 0 Å². The van der Waals surface area contributed by atoms with Crippen molar-refractivity contribution in [3.05, 3.63) is 0 Å². The van der Waals surface area contributed by atoms with Gasteiger partial charge < -0.3 is 4.74 Å². The predicted octanol–water partition coefficient (Wildman–Crippen LogP) is 0.892. The molecule has 2 bridgehead atoms. The van der Waals surface area contributed by atoms with Crippen LogP contribution in [0.5, 0.6) is 0 Å². The number of esters is 1. The van der Waals surface area contributed by atoms with E-state index in [1.54, 1.807) is 0 Å². The van der Waals surface area contributed by atoms with Crippen molar-refractivity contribution in [3.63, 3.8) is 0 Å². The molecule has 2 nitrogen and oxygen atoms in total. The van der Waals surface area contributed by atoms with Gasteiger partial charge in [-0.05, 0) is 44.4 Å². The molecule has 3 unspecified atom stereocenters. The van der Waals surface area contributed by atoms with Gasteiger partial charge in [0.05, 0.1) is 0 Å². The number of hydrogen-bond acceptors (Lipinski definition) is 2. The van der Waals surface area contributed by atoms with E-state index >= 15 is 0 Å². The SMILES string of the molecule is CC1(OC(=O)C[SiH3])CC2CCC1C2. The molecular weight excluding hydrogens is 180 g/mol. The van der Waals surface area contributed by atoms with Crippen LogP contribution in [0.15, 0.2) is 0 Å². The topological polar surface area (TPSA) is 26.3 Å². The van der Waals surface area contributed by atoms with Crippen molar-refractivity contribution in [1.82, 2.24) is 0 Å². The molecule has 0 radical (unpaired) electrons. The van der Waals surface area contributed by atoms with Crippen molar-refractivity contribution in [2.24, 2.45) is 11.8 Å². The number of carbonyl (C=O) groups is 1. The first kappa shape index (κ1) is 9.25. The maximum atomic E-state index is 11.3. The van der Waals surface area contributed by atoms with E-state index < -0.39 is 0 Å². The highest BCUT2D eigenvalue weighted by atomic mass is 28.1. The Hall–Kier alpha value is -0.313. The summed E-state index contributed by atoms with van der Waals surface area (Å²) in [5, 5.41) is 0. The Morgan fingerprint density at radius 2 is 2.38 bits per heavy atom. The Balaban J connectivity index is 2.01. The molecule has 2 saturated carbocycles. The van der Waals surface area contributed by atoms with Gasteiger partial charge in [0.2, 0.25) is 0 Å². The maximum Gasteiger partial charge on any atom is 0.302 e. The van der Waals surface area contributed by atoms with Crippen molar-refractivity contribution < 1.29 is 9.53 Å². The smallest absolute Gasteiger partial charge is 0.302 e. The standard InChI is InChI=1S/C10H18O2Si/c1-10(12-9(11)6-13)5-7-2-3-8(10)4-7/h7-8H,2-6H2,1,13H3. The molecule has 0 aromatic heterocycles. The van der Waals surface area contributed by atoms with E-state index in [1.165, 1.54) is 19.3 Å². The van der Waals surface area contributed by atoms with Gasteiger partial charge in [0.25, 0.3) is 0 Å². The average molecular weight is 198 g/mol. The summed E-state index contributed by atoms with van der Waals surface area (Å²) in [6.07, 6.45) is 5.05. The Morgan fingerprint density at radius 1 is 1.62 bits per heavy atom. The number of hydrogen-bond donors (Lipinski definition) is 0. The van der Waals surface area contributed by atoms with Crippen molar-refractivity contribution in [3.8, 4) is 0 Å². The van der Waals surface area contributed by atoms with Gasteiger partial charge in [-0.15, -0.1) is 0 Å². The lowest BCUT2D eigenvalue weighted by Gasteiger charge is -2.33. The molecule has 74 valence electrons. The monoisotopic (exact) mass is 198 g/mol. The fourth-order valence-corrected chi connectivity index (χ4v) is 3.16. The van der Waals surface area contributed by atoms with E-state index in [4.69, 9.17) is 4.74 Å². The van der Waals surface area contributed by atoms with Gasteiger partial charge >= 0.3 is 5.97 Å². The third kappa shape index (κ3) is 1.54. The summed E-state index contributed by atoms with van der Waals surface area (Å²) < 4.78 is 5.58. The third-order valence-electron chi connectivity index (χ3n) is 3.73. The second-order valence-corrected chi connectivity index (χ2v) is 5.43. The minimum absolute atomic E-state index is 0.0294. The molecule has 13 heavy (non-hydrogen) atoms. The molecule has 0 aromatic rings. The molecule has 3 heteroatoms. The largest absolute Gasteiger partial charge is 0.459 e. The van der Waals surface area contributed by atoms with E-state index in [1.807, 2.05) is 0 Å². The number of rotatable bonds is 2. The number of fused-ring (bicyclic) bond motifs is 2. The molecule has 0 saturated heterocycles. The van der Waals surface area contributed by atoms with Gasteiger partial charge in [0.1, 0.15) is 5.60 Å². The summed E-state index contributed by atoms with van der Waals surface area (Å²) in [4.78, 5) is 11.3. The molecule has 3 atom stereocenters. The minimum Gasteiger partial charge on any atom is -0.459 e. The molecule has 0 spiro atoms. The summed E-state index contributed by atoms with van der Waals surface area (Å²) in [6.45, 7) is 2.13. The lowest BCUT2D eigenvalue weighted by molar-refractivity contribution is -0.160. The summed E-state index contributed by atoms with van der Waals surface area (Å²) in [5.41, 5.74) is -0.0928. The Labute approximate surface area is 82.5 Å². The zero-order valence-electron chi connectivity index (χ0n) is 8.51. The van der Waals surface area contributed by atoms with Crippen LogP contribution in [-0.4, -0.2) is 21.8 Å². The average Bonchev–Trinajstić information content (AvgIpc) is 2.62. The first-order chi connectivity index (χ1) is 6.14. The molecule has 0 heterocycles. The van der Waals surface area contributed by atoms with Crippen molar-refractivity contribution in [1.29, 1.82) is 0 Å². The summed E-state index contributed by atoms with van der Waals surface area (Å²) >= 11 is 0. The van der Waals surface area contributed by atoms with E-state index in [0.29, 0.717) is 12.0 Å². The van der Waals surface area contributed by atoms with Crippen LogP contribution in [-0.2, 0) is 9.53 Å². The van der Waals surface area contributed by atoms with Crippen molar-refractivity contribution in [2.45, 2.75) is 44.3 Å². The normalized spacial score (nSPS) is 42.5. The molecule has 0 amide bonds. The van der Waals surface area contributed by atoms with Gasteiger partial charge in [-0.3, -0.25) is 4.79 Å². The summed E-state index contributed by atoms with van der Waals surface area (Å²) in [5.74, 6) is 1.54. The third-order valence-corrected chi connectivity index (χ3v) is 4.31. The lowest BCUT2D eigenvalue weighted by Crippen LogP contribution is -2.37. The molecule has 2 fully saturated rings. The summed E-state index contributed by atoms with van der Waals surface area (Å²) in [7, 11) is 0.923. The van der Waals surface area contributed by atoms with Crippen LogP contribution in [0, 0.1) is 11.8 Å². The Kier molecular flexibility index (Phi) is 2.22. The Morgan fingerprint density at radius 3 is 2.85 bits per heavy atom. The lowest BCUT2D eigenvalue weighted by atomic mass is 9.86. The highest BCUT2D eigenvalue weighted by Gasteiger charge is 2.50. The van der Waals surface area contributed by atoms with E-state index in [-0.39, 0.29) is 11.6 Å². The van der Waals surface area contributed by atoms with Crippen LogP contribution in [0.2, 0.25) is 6.04 Å². The zero-order chi connectivity index (χ0) is 9.47. The van der Waals surface area contributed by atoms with Crippen LogP contribution in [0.4, 0.5) is 0 Å². The highest BCUT2D eigenvalue weighted by Crippen LogP contribution is 2.52. The van der Waals surface area contributed by atoms with Gasteiger partial charge in [0.15, 0.2) is 0 Å². The second kappa shape index (κ2) is 3.12. The zero-order valence-corrected chi connectivity index (χ0v) is 10.5. The second-order valence-electron chi connectivity index (χ2n) is 4.72. The van der Waals surface area contributed by atoms with Crippen LogP contribution in [0.25, 0.3) is 0 Å². The van der Waals surface area contributed by atoms with Crippen LogP contribution in [0.1, 0.15) is 32.6 Å². The number of ether oxygens (including phenoxy) is 1. The number of carbonyl (C=O) groups excluding carboxylic acids is 1. The molecule has 2 rings (SSSR count).